The Morgan fingerprint density at radius 2 is 1.89 bits per heavy atom. The zero-order valence-electron chi connectivity index (χ0n) is 19.1. The molecule has 4 rings (SSSR count). The van der Waals surface area contributed by atoms with Crippen LogP contribution in [-0.4, -0.2) is 20.7 Å². The van der Waals surface area contributed by atoms with Crippen molar-refractivity contribution in [2.24, 2.45) is 5.10 Å². The summed E-state index contributed by atoms with van der Waals surface area (Å²) in [5, 5.41) is 5.11. The first-order chi connectivity index (χ1) is 16.7. The highest BCUT2D eigenvalue weighted by Gasteiger charge is 2.33. The summed E-state index contributed by atoms with van der Waals surface area (Å²) in [6, 6.07) is 15.2. The molecule has 0 fully saturated rings. The summed E-state index contributed by atoms with van der Waals surface area (Å²) < 4.78 is 49.1. The number of benzene rings is 3. The average Bonchev–Trinajstić information content (AvgIpc) is 3.30. The summed E-state index contributed by atoms with van der Waals surface area (Å²) in [6.07, 6.45) is 0.399. The maximum Gasteiger partial charge on any atom is 0.244 e. The van der Waals surface area contributed by atoms with E-state index < -0.39 is 26.8 Å². The molecule has 6 nitrogen and oxygen atoms in total. The van der Waals surface area contributed by atoms with E-state index in [0.29, 0.717) is 34.9 Å². The molecule has 3 aromatic rings. The number of nitrogens with zero attached hydrogens (tertiary/aromatic N) is 1. The van der Waals surface area contributed by atoms with Crippen molar-refractivity contribution in [2.45, 2.75) is 37.2 Å². The number of ether oxygens (including phenoxy) is 1. The molecule has 2 atom stereocenters. The van der Waals surface area contributed by atoms with E-state index >= 15 is 0 Å². The first kappa shape index (κ1) is 25.4. The quantitative estimate of drug-likeness (QED) is 0.373. The Hall–Kier alpha value is -2.65. The Morgan fingerprint density at radius 3 is 2.57 bits per heavy atom. The molecule has 0 amide bonds. The lowest BCUT2D eigenvalue weighted by Gasteiger charge is -2.21. The molecule has 2 unspecified atom stereocenters. The minimum absolute atomic E-state index is 0.186. The lowest BCUT2D eigenvalue weighted by Crippen LogP contribution is -2.34. The van der Waals surface area contributed by atoms with Gasteiger partial charge in [-0.3, -0.25) is 0 Å². The van der Waals surface area contributed by atoms with Crippen molar-refractivity contribution in [3.63, 3.8) is 0 Å². The highest BCUT2D eigenvalue weighted by Crippen LogP contribution is 2.34. The standard InChI is InChI=1S/C25H24Cl2FN3O3S/c1-3-34-18-8-5-16(6-9-18)22-14-23(30-29-22)25(19-10-7-17(26)13-20(19)27)31-35(32,33)24-12-15(2)4-11-21(24)28/h4-13,22,25,29,31H,3,14H2,1-2H3. The second-order valence-corrected chi connectivity index (χ2v) is 10.7. The monoisotopic (exact) mass is 535 g/mol. The second-order valence-electron chi connectivity index (χ2n) is 8.15. The van der Waals surface area contributed by atoms with Crippen LogP contribution in [0.5, 0.6) is 5.75 Å². The van der Waals surface area contributed by atoms with Gasteiger partial charge in [-0.2, -0.15) is 9.82 Å². The third kappa shape index (κ3) is 5.78. The Kier molecular flexibility index (Phi) is 7.66. The number of aryl methyl sites for hydroxylation is 1. The van der Waals surface area contributed by atoms with Crippen LogP contribution in [0.4, 0.5) is 4.39 Å². The molecule has 0 bridgehead atoms. The first-order valence-corrected chi connectivity index (χ1v) is 13.2. The zero-order valence-corrected chi connectivity index (χ0v) is 21.4. The highest BCUT2D eigenvalue weighted by atomic mass is 35.5. The Labute approximate surface area is 214 Å². The number of hydrazone groups is 1. The summed E-state index contributed by atoms with van der Waals surface area (Å²) in [4.78, 5) is -0.442. The van der Waals surface area contributed by atoms with Crippen molar-refractivity contribution < 1.29 is 17.5 Å². The molecule has 10 heteroatoms. The molecule has 3 aromatic carbocycles. The zero-order chi connectivity index (χ0) is 25.2. The van der Waals surface area contributed by atoms with E-state index in [1.54, 1.807) is 19.1 Å². The van der Waals surface area contributed by atoms with Crippen LogP contribution in [0.2, 0.25) is 10.0 Å². The van der Waals surface area contributed by atoms with Gasteiger partial charge in [-0.15, -0.1) is 0 Å². The molecule has 1 aliphatic rings. The third-order valence-electron chi connectivity index (χ3n) is 5.63. The molecule has 0 saturated carbocycles. The highest BCUT2D eigenvalue weighted by molar-refractivity contribution is 7.89. The lowest BCUT2D eigenvalue weighted by molar-refractivity contribution is 0.340. The number of sulfonamides is 1. The van der Waals surface area contributed by atoms with Crippen molar-refractivity contribution in [3.05, 3.63) is 93.2 Å². The molecule has 184 valence electrons. The maximum absolute atomic E-state index is 14.5. The van der Waals surface area contributed by atoms with Crippen molar-refractivity contribution in [3.8, 4) is 5.75 Å². The van der Waals surface area contributed by atoms with E-state index in [0.717, 1.165) is 17.4 Å². The van der Waals surface area contributed by atoms with E-state index in [1.165, 1.54) is 18.2 Å². The summed E-state index contributed by atoms with van der Waals surface area (Å²) in [5.41, 5.74) is 5.61. The smallest absolute Gasteiger partial charge is 0.244 e. The Bertz CT molecular complexity index is 1360. The van der Waals surface area contributed by atoms with Gasteiger partial charge in [0.2, 0.25) is 10.0 Å². The minimum atomic E-state index is -4.26. The van der Waals surface area contributed by atoms with Crippen LogP contribution in [0, 0.1) is 12.7 Å². The summed E-state index contributed by atoms with van der Waals surface area (Å²) in [7, 11) is -4.26. The Balaban J connectivity index is 1.66. The van der Waals surface area contributed by atoms with Gasteiger partial charge in [-0.25, -0.2) is 12.8 Å². The van der Waals surface area contributed by atoms with Gasteiger partial charge < -0.3 is 10.2 Å². The van der Waals surface area contributed by atoms with Crippen molar-refractivity contribution in [1.82, 2.24) is 10.1 Å². The first-order valence-electron chi connectivity index (χ1n) is 11.0. The number of rotatable bonds is 8. The molecule has 0 aromatic heterocycles. The van der Waals surface area contributed by atoms with Gasteiger partial charge in [-0.1, -0.05) is 47.5 Å². The molecule has 2 N–H and O–H groups in total. The molecule has 0 aliphatic carbocycles. The maximum atomic E-state index is 14.5. The van der Waals surface area contributed by atoms with Crippen LogP contribution >= 0.6 is 23.2 Å². The van der Waals surface area contributed by atoms with Gasteiger partial charge in [0.05, 0.1) is 24.4 Å². The third-order valence-corrected chi connectivity index (χ3v) is 7.63. The lowest BCUT2D eigenvalue weighted by atomic mass is 9.96. The number of hydrogen-bond acceptors (Lipinski definition) is 5. The number of hydrogen-bond donors (Lipinski definition) is 2. The van der Waals surface area contributed by atoms with Gasteiger partial charge in [-0.05, 0) is 66.9 Å². The molecule has 1 aliphatic heterocycles. The van der Waals surface area contributed by atoms with Crippen molar-refractivity contribution in [1.29, 1.82) is 0 Å². The van der Waals surface area contributed by atoms with Gasteiger partial charge in [0.1, 0.15) is 16.5 Å². The van der Waals surface area contributed by atoms with Gasteiger partial charge in [0.25, 0.3) is 0 Å². The minimum Gasteiger partial charge on any atom is -0.494 e. The average molecular weight is 536 g/mol. The molecule has 0 spiro atoms. The van der Waals surface area contributed by atoms with Gasteiger partial charge in [0.15, 0.2) is 0 Å². The molecule has 0 radical (unpaired) electrons. The fourth-order valence-corrected chi connectivity index (χ4v) is 5.76. The predicted molar refractivity (Wildman–Crippen MR) is 136 cm³/mol. The predicted octanol–water partition coefficient (Wildman–Crippen LogP) is 5.95. The van der Waals surface area contributed by atoms with Crippen LogP contribution in [0.1, 0.15) is 42.1 Å². The van der Waals surface area contributed by atoms with E-state index in [9.17, 15) is 12.8 Å². The van der Waals surface area contributed by atoms with E-state index in [1.807, 2.05) is 31.2 Å². The molecular formula is C25H24Cl2FN3O3S. The van der Waals surface area contributed by atoms with Gasteiger partial charge >= 0.3 is 0 Å². The van der Waals surface area contributed by atoms with Crippen LogP contribution in [-0.2, 0) is 10.0 Å². The normalized spacial score (nSPS) is 16.5. The Morgan fingerprint density at radius 1 is 1.14 bits per heavy atom. The molecule has 0 saturated heterocycles. The van der Waals surface area contributed by atoms with Crippen LogP contribution in [0.15, 0.2) is 70.7 Å². The second kappa shape index (κ2) is 10.5. The van der Waals surface area contributed by atoms with E-state index in [-0.39, 0.29) is 11.1 Å². The fraction of sp³-hybridized carbons (Fsp3) is 0.240. The fourth-order valence-electron chi connectivity index (χ4n) is 3.88. The SMILES string of the molecule is CCOc1ccc(C2CC(C(NS(=O)(=O)c3cc(C)ccc3F)c3ccc(Cl)cc3Cl)=NN2)cc1. The van der Waals surface area contributed by atoms with Crippen molar-refractivity contribution in [2.75, 3.05) is 6.61 Å². The molecular weight excluding hydrogens is 512 g/mol. The molecule has 1 heterocycles. The van der Waals surface area contributed by atoms with E-state index in [2.05, 4.69) is 15.2 Å². The van der Waals surface area contributed by atoms with Crippen molar-refractivity contribution >= 4 is 38.9 Å². The summed E-state index contributed by atoms with van der Waals surface area (Å²) in [5.74, 6) is -0.0862. The summed E-state index contributed by atoms with van der Waals surface area (Å²) in [6.45, 7) is 4.18. The number of halogens is 3. The van der Waals surface area contributed by atoms with Crippen LogP contribution in [0.3, 0.4) is 0 Å². The van der Waals surface area contributed by atoms with Gasteiger partial charge in [0, 0.05) is 16.5 Å². The summed E-state index contributed by atoms with van der Waals surface area (Å²) >= 11 is 12.5. The molecule has 35 heavy (non-hydrogen) atoms. The largest absolute Gasteiger partial charge is 0.494 e. The van der Waals surface area contributed by atoms with E-state index in [4.69, 9.17) is 27.9 Å². The number of nitrogens with one attached hydrogen (secondary N) is 2. The van der Waals surface area contributed by atoms with Crippen LogP contribution in [0.25, 0.3) is 0 Å². The van der Waals surface area contributed by atoms with Crippen LogP contribution < -0.4 is 14.9 Å². The topological polar surface area (TPSA) is 79.8 Å².